The van der Waals surface area contributed by atoms with Crippen molar-refractivity contribution in [1.29, 1.82) is 0 Å². The van der Waals surface area contributed by atoms with Crippen molar-refractivity contribution in [1.82, 2.24) is 24.8 Å². The van der Waals surface area contributed by atoms with Crippen molar-refractivity contribution in [3.8, 4) is 22.9 Å². The molecule has 0 aliphatic rings. The maximum absolute atomic E-state index is 5.26. The Morgan fingerprint density at radius 3 is 2.38 bits per heavy atom. The highest BCUT2D eigenvalue weighted by Gasteiger charge is 2.12. The second kappa shape index (κ2) is 5.13. The summed E-state index contributed by atoms with van der Waals surface area (Å²) in [4.78, 5) is 4.49. The second-order valence-electron chi connectivity index (χ2n) is 4.39. The van der Waals surface area contributed by atoms with Crippen molar-refractivity contribution in [3.05, 3.63) is 28.7 Å². The number of hydrogen-bond donors (Lipinski definition) is 1. The van der Waals surface area contributed by atoms with Gasteiger partial charge in [-0.2, -0.15) is 9.61 Å². The summed E-state index contributed by atoms with van der Waals surface area (Å²) in [5.74, 6) is 1.87. The zero-order chi connectivity index (χ0) is 15.0. The van der Waals surface area contributed by atoms with Crippen LogP contribution in [0.15, 0.2) is 18.2 Å². The molecule has 0 spiro atoms. The van der Waals surface area contributed by atoms with Crippen LogP contribution in [0.1, 0.15) is 5.69 Å². The average Bonchev–Trinajstić information content (AvgIpc) is 2.97. The van der Waals surface area contributed by atoms with Crippen LogP contribution in [0.5, 0.6) is 11.5 Å². The molecule has 0 unspecified atom stereocenters. The maximum Gasteiger partial charge on any atom is 0.216 e. The van der Waals surface area contributed by atoms with Crippen LogP contribution in [-0.4, -0.2) is 39.0 Å². The molecule has 0 aliphatic heterocycles. The first-order valence-electron chi connectivity index (χ1n) is 6.18. The molecule has 0 aliphatic carbocycles. The van der Waals surface area contributed by atoms with Gasteiger partial charge >= 0.3 is 0 Å². The number of aryl methyl sites for hydroxylation is 1. The number of hydrogen-bond acceptors (Lipinski definition) is 6. The molecule has 0 amide bonds. The van der Waals surface area contributed by atoms with E-state index in [9.17, 15) is 0 Å². The van der Waals surface area contributed by atoms with E-state index in [0.717, 1.165) is 11.3 Å². The van der Waals surface area contributed by atoms with Gasteiger partial charge in [0.25, 0.3) is 0 Å². The second-order valence-corrected chi connectivity index (χ2v) is 4.77. The first kappa shape index (κ1) is 13.5. The monoisotopic (exact) mass is 303 g/mol. The molecule has 7 nitrogen and oxygen atoms in total. The van der Waals surface area contributed by atoms with Crippen LogP contribution in [0.3, 0.4) is 0 Å². The number of benzene rings is 1. The molecule has 1 N–H and O–H groups in total. The van der Waals surface area contributed by atoms with Gasteiger partial charge in [0.1, 0.15) is 17.2 Å². The fourth-order valence-corrected chi connectivity index (χ4v) is 2.15. The van der Waals surface area contributed by atoms with E-state index in [1.54, 1.807) is 24.8 Å². The number of H-pyrrole nitrogens is 1. The Morgan fingerprint density at radius 1 is 1.14 bits per heavy atom. The molecule has 0 bridgehead atoms. The van der Waals surface area contributed by atoms with Crippen LogP contribution in [0, 0.1) is 11.7 Å². The Hall–Kier alpha value is -2.48. The summed E-state index contributed by atoms with van der Waals surface area (Å²) in [5, 5.41) is 11.2. The lowest BCUT2D eigenvalue weighted by atomic mass is 10.2. The smallest absolute Gasteiger partial charge is 0.216 e. The summed E-state index contributed by atoms with van der Waals surface area (Å²) in [6.07, 6.45) is 0. The van der Waals surface area contributed by atoms with Gasteiger partial charge in [-0.05, 0) is 31.3 Å². The molecule has 3 aromatic rings. The number of aromatic amines is 1. The number of nitrogens with one attached hydrogen (secondary N) is 1. The summed E-state index contributed by atoms with van der Waals surface area (Å²) in [7, 11) is 3.19. The minimum atomic E-state index is 0.393. The van der Waals surface area contributed by atoms with E-state index in [4.69, 9.17) is 21.7 Å². The van der Waals surface area contributed by atoms with Crippen LogP contribution in [0.2, 0.25) is 0 Å². The molecule has 0 fully saturated rings. The highest BCUT2D eigenvalue weighted by molar-refractivity contribution is 7.71. The van der Waals surface area contributed by atoms with Crippen molar-refractivity contribution >= 4 is 17.9 Å². The molecule has 2 aromatic heterocycles. The molecular weight excluding hydrogens is 290 g/mol. The van der Waals surface area contributed by atoms with Crippen LogP contribution in [-0.2, 0) is 0 Å². The highest BCUT2D eigenvalue weighted by Crippen LogP contribution is 2.28. The number of ether oxygens (including phenoxy) is 2. The van der Waals surface area contributed by atoms with Crippen LogP contribution < -0.4 is 9.47 Å². The zero-order valence-electron chi connectivity index (χ0n) is 11.7. The molecule has 8 heteroatoms. The van der Waals surface area contributed by atoms with Crippen molar-refractivity contribution in [2.75, 3.05) is 14.2 Å². The van der Waals surface area contributed by atoms with Gasteiger partial charge in [0, 0.05) is 11.6 Å². The van der Waals surface area contributed by atoms with E-state index >= 15 is 0 Å². The number of methoxy groups -OCH3 is 2. The van der Waals surface area contributed by atoms with Gasteiger partial charge < -0.3 is 9.47 Å². The topological polar surface area (TPSA) is 77.3 Å². The molecule has 0 atom stereocenters. The van der Waals surface area contributed by atoms with Crippen molar-refractivity contribution in [2.24, 2.45) is 0 Å². The molecule has 0 saturated heterocycles. The molecule has 1 aromatic carbocycles. The summed E-state index contributed by atoms with van der Waals surface area (Å²) < 4.78 is 12.5. The summed E-state index contributed by atoms with van der Waals surface area (Å²) in [6.45, 7) is 1.84. The van der Waals surface area contributed by atoms with Gasteiger partial charge in [0.15, 0.2) is 11.5 Å². The standard InChI is InChI=1S/C13H13N5O2S/c1-7-12-14-11(17-18(12)13(21)16-15-7)8-4-9(19-2)6-10(5-8)20-3/h4-6H,1-3H3,(H,16,21). The normalized spacial score (nSPS) is 10.8. The third-order valence-electron chi connectivity index (χ3n) is 3.05. The van der Waals surface area contributed by atoms with Gasteiger partial charge in [-0.25, -0.2) is 4.98 Å². The van der Waals surface area contributed by atoms with E-state index in [1.165, 1.54) is 0 Å². The minimum absolute atomic E-state index is 0.393. The Labute approximate surface area is 125 Å². The zero-order valence-corrected chi connectivity index (χ0v) is 12.6. The fraction of sp³-hybridized carbons (Fsp3) is 0.231. The molecule has 3 rings (SSSR count). The third kappa shape index (κ3) is 2.33. The first-order chi connectivity index (χ1) is 10.1. The summed E-state index contributed by atoms with van der Waals surface area (Å²) in [5.41, 5.74) is 2.12. The number of aromatic nitrogens is 5. The minimum Gasteiger partial charge on any atom is -0.497 e. The number of nitrogens with zero attached hydrogens (tertiary/aromatic N) is 4. The average molecular weight is 303 g/mol. The molecular formula is C13H13N5O2S. The Balaban J connectivity index is 2.23. The van der Waals surface area contributed by atoms with E-state index in [-0.39, 0.29) is 0 Å². The molecule has 108 valence electrons. The van der Waals surface area contributed by atoms with Gasteiger partial charge in [0.2, 0.25) is 4.77 Å². The van der Waals surface area contributed by atoms with Crippen molar-refractivity contribution < 1.29 is 9.47 Å². The first-order valence-corrected chi connectivity index (χ1v) is 6.58. The van der Waals surface area contributed by atoms with Crippen molar-refractivity contribution in [2.45, 2.75) is 6.92 Å². The van der Waals surface area contributed by atoms with E-state index < -0.39 is 0 Å². The largest absolute Gasteiger partial charge is 0.497 e. The van der Waals surface area contributed by atoms with Crippen LogP contribution in [0.4, 0.5) is 0 Å². The molecule has 0 radical (unpaired) electrons. The SMILES string of the molecule is COc1cc(OC)cc(-c2nc3c(C)n[nH]c(=S)n3n2)c1. The van der Waals surface area contributed by atoms with E-state index in [1.807, 2.05) is 19.1 Å². The lowest BCUT2D eigenvalue weighted by Gasteiger charge is -2.05. The van der Waals surface area contributed by atoms with Crippen LogP contribution >= 0.6 is 12.2 Å². The Kier molecular flexibility index (Phi) is 3.30. The van der Waals surface area contributed by atoms with Crippen molar-refractivity contribution in [3.63, 3.8) is 0 Å². The Bertz CT molecular complexity index is 848. The number of fused-ring (bicyclic) bond motifs is 1. The predicted octanol–water partition coefficient (Wildman–Crippen LogP) is 2.17. The Morgan fingerprint density at radius 2 is 1.81 bits per heavy atom. The quantitative estimate of drug-likeness (QED) is 0.747. The van der Waals surface area contributed by atoms with Gasteiger partial charge in [0.05, 0.1) is 14.2 Å². The summed E-state index contributed by atoms with van der Waals surface area (Å²) in [6, 6.07) is 5.47. The summed E-state index contributed by atoms with van der Waals surface area (Å²) >= 11 is 5.17. The van der Waals surface area contributed by atoms with Gasteiger partial charge in [-0.15, -0.1) is 5.10 Å². The molecule has 21 heavy (non-hydrogen) atoms. The van der Waals surface area contributed by atoms with E-state index in [2.05, 4.69) is 20.3 Å². The predicted molar refractivity (Wildman–Crippen MR) is 79.2 cm³/mol. The highest BCUT2D eigenvalue weighted by atomic mass is 32.1. The maximum atomic E-state index is 5.26. The van der Waals surface area contributed by atoms with E-state index in [0.29, 0.717) is 27.7 Å². The number of rotatable bonds is 3. The lowest BCUT2D eigenvalue weighted by Crippen LogP contribution is -1.98. The van der Waals surface area contributed by atoms with Gasteiger partial charge in [-0.3, -0.25) is 5.10 Å². The lowest BCUT2D eigenvalue weighted by molar-refractivity contribution is 0.394. The van der Waals surface area contributed by atoms with Gasteiger partial charge in [-0.1, -0.05) is 0 Å². The fourth-order valence-electron chi connectivity index (χ4n) is 1.98. The molecule has 2 heterocycles. The third-order valence-corrected chi connectivity index (χ3v) is 3.32. The van der Waals surface area contributed by atoms with Crippen LogP contribution in [0.25, 0.3) is 17.0 Å². The molecule has 0 saturated carbocycles.